The number of hydrogen-bond donors (Lipinski definition) is 5. The van der Waals surface area contributed by atoms with E-state index in [2.05, 4.69) is 0 Å². The van der Waals surface area contributed by atoms with Crippen LogP contribution in [0.25, 0.3) is 0 Å². The molecule has 0 saturated carbocycles. The van der Waals surface area contributed by atoms with Crippen molar-refractivity contribution in [2.45, 2.75) is 30.2 Å². The standard InChI is InChI=1S/C11H14F2NO8P/c12-11(13,23(19,20)21)5-1-2-14(7(16)3-5)10-9(18)8(17)6(4-15)22-10/h1-3,6,8-10,15,17-18H,4H2,(H2,19,20,21)/t6-,8-,9-,10-/m1/s1. The van der Waals surface area contributed by atoms with Gasteiger partial charge in [-0.2, -0.15) is 8.78 Å². The van der Waals surface area contributed by atoms with E-state index in [1.807, 2.05) is 0 Å². The van der Waals surface area contributed by atoms with E-state index < -0.39 is 55.5 Å². The summed E-state index contributed by atoms with van der Waals surface area (Å²) in [5, 5.41) is 28.3. The highest BCUT2D eigenvalue weighted by molar-refractivity contribution is 7.52. The predicted octanol–water partition coefficient (Wildman–Crippen LogP) is -1.31. The number of aromatic nitrogens is 1. The molecule has 9 nitrogen and oxygen atoms in total. The highest BCUT2D eigenvalue weighted by atomic mass is 31.2. The number of alkyl halides is 2. The van der Waals surface area contributed by atoms with Crippen LogP contribution in [0.4, 0.5) is 8.78 Å². The van der Waals surface area contributed by atoms with Gasteiger partial charge in [-0.05, 0) is 6.07 Å². The zero-order valence-electron chi connectivity index (χ0n) is 11.4. The Morgan fingerprint density at radius 1 is 1.30 bits per heavy atom. The fourth-order valence-electron chi connectivity index (χ4n) is 2.17. The number of aliphatic hydroxyl groups is 3. The molecular weight excluding hydrogens is 343 g/mol. The molecule has 1 aliphatic rings. The third-order valence-electron chi connectivity index (χ3n) is 3.45. The first-order chi connectivity index (χ1) is 10.5. The lowest BCUT2D eigenvalue weighted by Gasteiger charge is -2.20. The van der Waals surface area contributed by atoms with Crippen LogP contribution in [-0.2, 0) is 15.0 Å². The van der Waals surface area contributed by atoms with E-state index >= 15 is 0 Å². The van der Waals surface area contributed by atoms with Crippen molar-refractivity contribution >= 4 is 7.60 Å². The summed E-state index contributed by atoms with van der Waals surface area (Å²) in [5.74, 6) is 0. The van der Waals surface area contributed by atoms with Crippen molar-refractivity contribution in [2.24, 2.45) is 0 Å². The Hall–Kier alpha value is -1.20. The molecule has 0 radical (unpaired) electrons. The highest BCUT2D eigenvalue weighted by Gasteiger charge is 2.51. The topological polar surface area (TPSA) is 149 Å². The van der Waals surface area contributed by atoms with Crippen LogP contribution >= 0.6 is 7.60 Å². The minimum Gasteiger partial charge on any atom is -0.394 e. The van der Waals surface area contributed by atoms with Crippen LogP contribution in [-0.4, -0.2) is 54.6 Å². The molecule has 130 valence electrons. The van der Waals surface area contributed by atoms with E-state index in [0.717, 1.165) is 6.20 Å². The van der Waals surface area contributed by atoms with Gasteiger partial charge in [-0.15, -0.1) is 0 Å². The van der Waals surface area contributed by atoms with Gasteiger partial charge in [0.05, 0.1) is 6.61 Å². The van der Waals surface area contributed by atoms with Crippen LogP contribution in [0.1, 0.15) is 11.8 Å². The van der Waals surface area contributed by atoms with Gasteiger partial charge in [0, 0.05) is 17.8 Å². The average Bonchev–Trinajstić information content (AvgIpc) is 2.73. The summed E-state index contributed by atoms with van der Waals surface area (Å²) in [4.78, 5) is 29.2. The first-order valence-corrected chi connectivity index (χ1v) is 7.90. The van der Waals surface area contributed by atoms with Crippen molar-refractivity contribution < 1.29 is 43.2 Å². The second-order valence-electron chi connectivity index (χ2n) is 4.98. The van der Waals surface area contributed by atoms with Gasteiger partial charge >= 0.3 is 13.3 Å². The van der Waals surface area contributed by atoms with Gasteiger partial charge in [0.2, 0.25) is 0 Å². The van der Waals surface area contributed by atoms with Gasteiger partial charge < -0.3 is 29.8 Å². The largest absolute Gasteiger partial charge is 0.399 e. The molecule has 12 heteroatoms. The Balaban J connectivity index is 2.39. The molecule has 5 N–H and O–H groups in total. The Bertz CT molecular complexity index is 689. The molecule has 23 heavy (non-hydrogen) atoms. The van der Waals surface area contributed by atoms with E-state index in [9.17, 15) is 28.4 Å². The molecule has 1 aliphatic heterocycles. The minimum absolute atomic E-state index is 0.299. The predicted molar refractivity (Wildman–Crippen MR) is 69.6 cm³/mol. The molecule has 2 rings (SSSR count). The number of aliphatic hydroxyl groups excluding tert-OH is 3. The summed E-state index contributed by atoms with van der Waals surface area (Å²) >= 11 is 0. The van der Waals surface area contributed by atoms with E-state index in [-0.39, 0.29) is 0 Å². The Labute approximate surface area is 127 Å². The zero-order chi connectivity index (χ0) is 17.6. The molecule has 0 bridgehead atoms. The first kappa shape index (κ1) is 18.1. The maximum Gasteiger partial charge on any atom is 0.399 e. The average molecular weight is 357 g/mol. The Morgan fingerprint density at radius 2 is 1.91 bits per heavy atom. The second kappa shape index (κ2) is 6.02. The van der Waals surface area contributed by atoms with Crippen LogP contribution in [0.15, 0.2) is 23.1 Å². The molecule has 0 amide bonds. The van der Waals surface area contributed by atoms with Gasteiger partial charge in [-0.3, -0.25) is 13.9 Å². The summed E-state index contributed by atoms with van der Waals surface area (Å²) < 4.78 is 43.6. The summed E-state index contributed by atoms with van der Waals surface area (Å²) in [5.41, 5.74) is -6.88. The molecule has 0 unspecified atom stereocenters. The van der Waals surface area contributed by atoms with E-state index in [1.54, 1.807) is 0 Å². The van der Waals surface area contributed by atoms with Crippen molar-refractivity contribution in [3.05, 3.63) is 34.2 Å². The molecule has 1 aromatic heterocycles. The molecule has 0 aromatic carbocycles. The maximum atomic E-state index is 13.5. The van der Waals surface area contributed by atoms with Crippen LogP contribution in [0.2, 0.25) is 0 Å². The molecule has 0 aliphatic carbocycles. The molecular formula is C11H14F2NO8P. The third kappa shape index (κ3) is 3.09. The quantitative estimate of drug-likeness (QED) is 0.417. The van der Waals surface area contributed by atoms with Crippen molar-refractivity contribution in [3.8, 4) is 0 Å². The van der Waals surface area contributed by atoms with Crippen LogP contribution in [0.3, 0.4) is 0 Å². The summed E-state index contributed by atoms with van der Waals surface area (Å²) in [6.07, 6.45) is -4.95. The lowest BCUT2D eigenvalue weighted by molar-refractivity contribution is -0.0545. The van der Waals surface area contributed by atoms with E-state index in [1.165, 1.54) is 0 Å². The molecule has 1 fully saturated rings. The normalized spacial score (nSPS) is 29.0. The third-order valence-corrected chi connectivity index (χ3v) is 4.44. The Morgan fingerprint density at radius 3 is 2.35 bits per heavy atom. The second-order valence-corrected chi connectivity index (χ2v) is 6.62. The first-order valence-electron chi connectivity index (χ1n) is 6.29. The SMILES string of the molecule is O=c1cc(C(F)(F)P(=O)(O)O)ccn1[C@@H]1O[C@H](CO)[C@@H](O)[C@H]1O. The number of hydrogen-bond acceptors (Lipinski definition) is 6. The smallest absolute Gasteiger partial charge is 0.394 e. The molecule has 1 aromatic rings. The van der Waals surface area contributed by atoms with Crippen LogP contribution < -0.4 is 5.56 Å². The molecule has 0 spiro atoms. The molecule has 1 saturated heterocycles. The number of pyridine rings is 1. The van der Waals surface area contributed by atoms with Gasteiger partial charge in [0.15, 0.2) is 6.23 Å². The van der Waals surface area contributed by atoms with Crippen LogP contribution in [0, 0.1) is 0 Å². The lowest BCUT2D eigenvalue weighted by atomic mass is 10.1. The number of ether oxygens (including phenoxy) is 1. The van der Waals surface area contributed by atoms with E-state index in [4.69, 9.17) is 19.6 Å². The number of rotatable bonds is 4. The summed E-state index contributed by atoms with van der Waals surface area (Å²) in [6.45, 7) is -0.641. The van der Waals surface area contributed by atoms with Crippen LogP contribution in [0.5, 0.6) is 0 Å². The van der Waals surface area contributed by atoms with Crippen molar-refractivity contribution in [3.63, 3.8) is 0 Å². The number of nitrogens with zero attached hydrogens (tertiary/aromatic N) is 1. The zero-order valence-corrected chi connectivity index (χ0v) is 12.3. The fraction of sp³-hybridized carbons (Fsp3) is 0.545. The van der Waals surface area contributed by atoms with Gasteiger partial charge in [-0.25, -0.2) is 0 Å². The summed E-state index contributed by atoms with van der Waals surface area (Å²) in [6, 6.07) is 0.892. The summed E-state index contributed by atoms with van der Waals surface area (Å²) in [7, 11) is -5.82. The fourth-order valence-corrected chi connectivity index (χ4v) is 2.64. The van der Waals surface area contributed by atoms with Gasteiger partial charge in [0.1, 0.15) is 18.3 Å². The molecule has 2 heterocycles. The number of halogens is 2. The highest BCUT2D eigenvalue weighted by Crippen LogP contribution is 2.58. The van der Waals surface area contributed by atoms with Crippen molar-refractivity contribution in [1.82, 2.24) is 4.57 Å². The Kier molecular flexibility index (Phi) is 4.75. The van der Waals surface area contributed by atoms with Gasteiger partial charge in [0.25, 0.3) is 5.56 Å². The lowest BCUT2D eigenvalue weighted by Crippen LogP contribution is -2.35. The van der Waals surface area contributed by atoms with E-state index in [0.29, 0.717) is 16.7 Å². The van der Waals surface area contributed by atoms with Crippen molar-refractivity contribution in [2.75, 3.05) is 6.61 Å². The monoisotopic (exact) mass is 357 g/mol. The van der Waals surface area contributed by atoms with Crippen molar-refractivity contribution in [1.29, 1.82) is 0 Å². The maximum absolute atomic E-state index is 13.5. The molecule has 4 atom stereocenters. The van der Waals surface area contributed by atoms with Gasteiger partial charge in [-0.1, -0.05) is 0 Å². The minimum atomic E-state index is -5.82.